The second-order valence-corrected chi connectivity index (χ2v) is 7.06. The van der Waals surface area contributed by atoms with Gasteiger partial charge in [-0.1, -0.05) is 13.0 Å². The summed E-state index contributed by atoms with van der Waals surface area (Å²) in [5.74, 6) is 2.78. The number of anilines is 1. The minimum absolute atomic E-state index is 0.605. The van der Waals surface area contributed by atoms with E-state index in [0.29, 0.717) is 29.0 Å². The zero-order chi connectivity index (χ0) is 21.3. The monoisotopic (exact) mass is 427 g/mol. The Morgan fingerprint density at radius 2 is 1.90 bits per heavy atom. The Morgan fingerprint density at radius 3 is 2.63 bits per heavy atom. The molecule has 7 nitrogen and oxygen atoms in total. The van der Waals surface area contributed by atoms with Crippen molar-refractivity contribution in [2.45, 2.75) is 13.3 Å². The summed E-state index contributed by atoms with van der Waals surface area (Å²) >= 11 is 1.46. The zero-order valence-electron chi connectivity index (χ0n) is 17.5. The minimum Gasteiger partial charge on any atom is -0.497 e. The number of para-hydroxylation sites is 1. The fourth-order valence-corrected chi connectivity index (χ4v) is 3.43. The van der Waals surface area contributed by atoms with Crippen LogP contribution in [0.1, 0.15) is 18.9 Å². The van der Waals surface area contributed by atoms with Crippen molar-refractivity contribution < 1.29 is 18.9 Å². The van der Waals surface area contributed by atoms with Crippen LogP contribution in [0, 0.1) is 0 Å². The number of hydrogen-bond donors (Lipinski definition) is 1. The first-order chi connectivity index (χ1) is 14.7. The Kier molecular flexibility index (Phi) is 7.51. The molecule has 0 bridgehead atoms. The largest absolute Gasteiger partial charge is 0.497 e. The summed E-state index contributed by atoms with van der Waals surface area (Å²) in [4.78, 5) is 4.60. The third kappa shape index (κ3) is 5.01. The van der Waals surface area contributed by atoms with Gasteiger partial charge in [0.05, 0.1) is 39.8 Å². The number of rotatable bonds is 10. The first-order valence-corrected chi connectivity index (χ1v) is 10.3. The molecule has 0 saturated heterocycles. The number of nitrogens with zero attached hydrogens (tertiary/aromatic N) is 2. The lowest BCUT2D eigenvalue weighted by Gasteiger charge is -2.12. The van der Waals surface area contributed by atoms with E-state index in [1.807, 2.05) is 41.8 Å². The molecule has 1 aromatic heterocycles. The molecule has 0 aliphatic heterocycles. The Morgan fingerprint density at radius 1 is 1.07 bits per heavy atom. The molecular weight excluding hydrogens is 402 g/mol. The van der Waals surface area contributed by atoms with Crippen LogP contribution in [0.5, 0.6) is 23.0 Å². The van der Waals surface area contributed by atoms with Crippen LogP contribution in [-0.2, 0) is 0 Å². The Balaban J connectivity index is 1.76. The number of hydrogen-bond acceptors (Lipinski definition) is 8. The van der Waals surface area contributed by atoms with E-state index in [9.17, 15) is 0 Å². The molecule has 1 N–H and O–H groups in total. The molecule has 2 aromatic carbocycles. The molecule has 158 valence electrons. The molecule has 3 aromatic rings. The van der Waals surface area contributed by atoms with Gasteiger partial charge >= 0.3 is 0 Å². The molecule has 8 heteroatoms. The summed E-state index contributed by atoms with van der Waals surface area (Å²) in [5, 5.41) is 6.93. The van der Waals surface area contributed by atoms with Crippen LogP contribution < -0.4 is 24.4 Å². The van der Waals surface area contributed by atoms with Gasteiger partial charge in [0.2, 0.25) is 5.13 Å². The number of ether oxygens (including phenoxy) is 4. The number of thiazole rings is 1. The maximum Gasteiger partial charge on any atom is 0.203 e. The minimum atomic E-state index is 0.605. The van der Waals surface area contributed by atoms with Crippen LogP contribution in [0.15, 0.2) is 46.9 Å². The van der Waals surface area contributed by atoms with Gasteiger partial charge in [0, 0.05) is 22.6 Å². The molecule has 0 aliphatic rings. The SMILES string of the molecule is CCCOc1c(/C=N\Nc2nc(-c3ccc(OC)cc3OC)cs2)cccc1OC. The lowest BCUT2D eigenvalue weighted by Crippen LogP contribution is -2.01. The Bertz CT molecular complexity index is 1000. The standard InChI is InChI=1S/C22H25N3O4S/c1-5-11-29-21-15(7-6-8-19(21)27-3)13-23-25-22-24-18(14-30-22)17-10-9-16(26-2)12-20(17)28-4/h6-10,12-14H,5,11H2,1-4H3,(H,24,25)/b23-13-. The molecular formula is C22H25N3O4S. The number of benzene rings is 2. The van der Waals surface area contributed by atoms with Gasteiger partial charge in [0.15, 0.2) is 11.5 Å². The van der Waals surface area contributed by atoms with Crippen LogP contribution in [0.4, 0.5) is 5.13 Å². The quantitative estimate of drug-likeness (QED) is 0.360. The van der Waals surface area contributed by atoms with Crippen molar-refractivity contribution >= 4 is 22.7 Å². The van der Waals surface area contributed by atoms with Gasteiger partial charge < -0.3 is 18.9 Å². The van der Waals surface area contributed by atoms with Gasteiger partial charge in [-0.05, 0) is 30.7 Å². The number of nitrogens with one attached hydrogen (secondary N) is 1. The fourth-order valence-electron chi connectivity index (χ4n) is 2.77. The zero-order valence-corrected chi connectivity index (χ0v) is 18.3. The second-order valence-electron chi connectivity index (χ2n) is 6.20. The predicted molar refractivity (Wildman–Crippen MR) is 121 cm³/mol. The number of hydrazone groups is 1. The summed E-state index contributed by atoms with van der Waals surface area (Å²) in [5.41, 5.74) is 5.48. The number of methoxy groups -OCH3 is 3. The van der Waals surface area contributed by atoms with Gasteiger partial charge in [0.25, 0.3) is 0 Å². The molecule has 3 rings (SSSR count). The smallest absolute Gasteiger partial charge is 0.203 e. The second kappa shape index (κ2) is 10.5. The summed E-state index contributed by atoms with van der Waals surface area (Å²) < 4.78 is 22.0. The average Bonchev–Trinajstić information content (AvgIpc) is 3.26. The van der Waals surface area contributed by atoms with Crippen molar-refractivity contribution in [3.05, 3.63) is 47.3 Å². The molecule has 0 amide bonds. The highest BCUT2D eigenvalue weighted by Gasteiger charge is 2.12. The maximum atomic E-state index is 5.84. The highest BCUT2D eigenvalue weighted by Crippen LogP contribution is 2.35. The van der Waals surface area contributed by atoms with Gasteiger partial charge in [0.1, 0.15) is 11.5 Å². The molecule has 1 heterocycles. The van der Waals surface area contributed by atoms with Crippen LogP contribution >= 0.6 is 11.3 Å². The molecule has 0 unspecified atom stereocenters. The van der Waals surface area contributed by atoms with E-state index in [1.54, 1.807) is 27.5 Å². The van der Waals surface area contributed by atoms with Gasteiger partial charge in [-0.25, -0.2) is 4.98 Å². The lowest BCUT2D eigenvalue weighted by molar-refractivity contribution is 0.294. The third-order valence-electron chi connectivity index (χ3n) is 4.23. The topological polar surface area (TPSA) is 74.2 Å². The Hall–Kier alpha value is -3.26. The summed E-state index contributed by atoms with van der Waals surface area (Å²) in [6, 6.07) is 11.3. The van der Waals surface area contributed by atoms with Gasteiger partial charge in [-0.2, -0.15) is 5.10 Å². The van der Waals surface area contributed by atoms with E-state index < -0.39 is 0 Å². The summed E-state index contributed by atoms with van der Waals surface area (Å²) in [6.07, 6.45) is 2.60. The van der Waals surface area contributed by atoms with Crippen LogP contribution in [0.3, 0.4) is 0 Å². The maximum absolute atomic E-state index is 5.84. The van der Waals surface area contributed by atoms with Gasteiger partial charge in [-0.15, -0.1) is 11.3 Å². The molecule has 0 saturated carbocycles. The molecule has 30 heavy (non-hydrogen) atoms. The first-order valence-electron chi connectivity index (χ1n) is 9.47. The van der Waals surface area contributed by atoms with Crippen LogP contribution in [-0.4, -0.2) is 39.1 Å². The molecule has 0 radical (unpaired) electrons. The predicted octanol–water partition coefficient (Wildman–Crippen LogP) is 5.07. The normalized spacial score (nSPS) is 10.8. The van der Waals surface area contributed by atoms with Crippen molar-refractivity contribution in [3.8, 4) is 34.3 Å². The Labute approximate surface area is 180 Å². The first kappa shape index (κ1) is 21.4. The summed E-state index contributed by atoms with van der Waals surface area (Å²) in [6.45, 7) is 2.66. The van der Waals surface area contributed by atoms with Crippen molar-refractivity contribution in [1.82, 2.24) is 4.98 Å². The average molecular weight is 428 g/mol. The highest BCUT2D eigenvalue weighted by molar-refractivity contribution is 7.14. The van der Waals surface area contributed by atoms with Crippen LogP contribution in [0.2, 0.25) is 0 Å². The van der Waals surface area contributed by atoms with E-state index in [-0.39, 0.29) is 0 Å². The van der Waals surface area contributed by atoms with Crippen molar-refractivity contribution in [2.24, 2.45) is 5.10 Å². The van der Waals surface area contributed by atoms with Crippen molar-refractivity contribution in [3.63, 3.8) is 0 Å². The highest BCUT2D eigenvalue weighted by atomic mass is 32.1. The van der Waals surface area contributed by atoms with E-state index in [0.717, 1.165) is 29.0 Å². The number of aromatic nitrogens is 1. The lowest BCUT2D eigenvalue weighted by atomic mass is 10.1. The van der Waals surface area contributed by atoms with E-state index >= 15 is 0 Å². The van der Waals surface area contributed by atoms with E-state index in [4.69, 9.17) is 18.9 Å². The van der Waals surface area contributed by atoms with Crippen molar-refractivity contribution in [1.29, 1.82) is 0 Å². The van der Waals surface area contributed by atoms with E-state index in [1.165, 1.54) is 11.3 Å². The molecule has 0 spiro atoms. The van der Waals surface area contributed by atoms with Crippen LogP contribution in [0.25, 0.3) is 11.3 Å². The van der Waals surface area contributed by atoms with Gasteiger partial charge in [-0.3, -0.25) is 5.43 Å². The summed E-state index contributed by atoms with van der Waals surface area (Å²) in [7, 11) is 4.87. The molecule has 0 atom stereocenters. The van der Waals surface area contributed by atoms with Crippen molar-refractivity contribution in [2.75, 3.05) is 33.4 Å². The molecule has 0 fully saturated rings. The fraction of sp³-hybridized carbons (Fsp3) is 0.273. The van der Waals surface area contributed by atoms with E-state index in [2.05, 4.69) is 22.4 Å². The molecule has 0 aliphatic carbocycles. The third-order valence-corrected chi connectivity index (χ3v) is 4.98.